The first-order valence-electron chi connectivity index (χ1n) is 8.63. The van der Waals surface area contributed by atoms with Gasteiger partial charge >= 0.3 is 12.1 Å². The molecule has 9 heteroatoms. The predicted octanol–water partition coefficient (Wildman–Crippen LogP) is 1.94. The first kappa shape index (κ1) is 20.2. The lowest BCUT2D eigenvalue weighted by atomic mass is 9.93. The van der Waals surface area contributed by atoms with E-state index in [1.807, 2.05) is 13.8 Å². The summed E-state index contributed by atoms with van der Waals surface area (Å²) in [6, 6.07) is 5.94. The third-order valence-corrected chi connectivity index (χ3v) is 4.74. The Kier molecular flexibility index (Phi) is 6.04. The largest absolute Gasteiger partial charge is 0.452 e. The Bertz CT molecular complexity index is 743. The Morgan fingerprint density at radius 1 is 1.19 bits per heavy atom. The number of amides is 5. The lowest BCUT2D eigenvalue weighted by molar-refractivity contribution is -0.134. The predicted molar refractivity (Wildman–Crippen MR) is 99.4 cm³/mol. The monoisotopic (exact) mass is 376 g/mol. The van der Waals surface area contributed by atoms with E-state index in [-0.39, 0.29) is 12.5 Å². The summed E-state index contributed by atoms with van der Waals surface area (Å²) in [6.07, 6.45) is 0.406. The van der Waals surface area contributed by atoms with Crippen LogP contribution < -0.4 is 15.5 Å². The number of ether oxygens (including phenoxy) is 1. The molecule has 1 aliphatic rings. The number of anilines is 2. The van der Waals surface area contributed by atoms with Crippen molar-refractivity contribution in [2.24, 2.45) is 0 Å². The van der Waals surface area contributed by atoms with Crippen LogP contribution >= 0.6 is 0 Å². The van der Waals surface area contributed by atoms with Gasteiger partial charge in [-0.25, -0.2) is 9.59 Å². The molecule has 2 N–H and O–H groups in total. The molecule has 5 amide bonds. The van der Waals surface area contributed by atoms with E-state index in [4.69, 9.17) is 0 Å². The van der Waals surface area contributed by atoms with Gasteiger partial charge in [-0.05, 0) is 37.1 Å². The van der Waals surface area contributed by atoms with E-state index in [0.29, 0.717) is 24.2 Å². The Labute approximate surface area is 157 Å². The van der Waals surface area contributed by atoms with E-state index >= 15 is 0 Å². The fraction of sp³-hybridized carbons (Fsp3) is 0.444. The third kappa shape index (κ3) is 4.02. The number of nitrogens with one attached hydrogen (secondary N) is 2. The number of imide groups is 1. The molecule has 0 saturated carbocycles. The number of methoxy groups -OCH3 is 1. The highest BCUT2D eigenvalue weighted by Gasteiger charge is 2.49. The van der Waals surface area contributed by atoms with Gasteiger partial charge in [0.05, 0.1) is 7.11 Å². The van der Waals surface area contributed by atoms with Gasteiger partial charge in [0.25, 0.3) is 5.91 Å². The number of carbonyl (C=O) groups is 4. The van der Waals surface area contributed by atoms with Crippen LogP contribution in [0.5, 0.6) is 0 Å². The van der Waals surface area contributed by atoms with E-state index in [1.165, 1.54) is 12.0 Å². The first-order valence-corrected chi connectivity index (χ1v) is 8.63. The lowest BCUT2D eigenvalue weighted by Gasteiger charge is -2.23. The minimum atomic E-state index is -0.933. The molecule has 0 spiro atoms. The summed E-state index contributed by atoms with van der Waals surface area (Å²) in [5.41, 5.74) is 0.133. The van der Waals surface area contributed by atoms with Gasteiger partial charge in [0.1, 0.15) is 12.1 Å². The summed E-state index contributed by atoms with van der Waals surface area (Å²) < 4.78 is 4.63. The van der Waals surface area contributed by atoms with Gasteiger partial charge in [0, 0.05) is 18.4 Å². The van der Waals surface area contributed by atoms with Crippen molar-refractivity contribution >= 4 is 35.3 Å². The molecule has 1 heterocycles. The summed E-state index contributed by atoms with van der Waals surface area (Å²) in [6.45, 7) is 3.27. The van der Waals surface area contributed by atoms with Crippen LogP contribution in [0, 0.1) is 0 Å². The number of hydrogen-bond donors (Lipinski definition) is 2. The highest BCUT2D eigenvalue weighted by Crippen LogP contribution is 2.25. The maximum atomic E-state index is 12.5. The molecule has 1 aromatic carbocycles. The van der Waals surface area contributed by atoms with Crippen molar-refractivity contribution in [2.45, 2.75) is 32.2 Å². The van der Waals surface area contributed by atoms with E-state index in [1.54, 1.807) is 31.3 Å². The Hall–Kier alpha value is -3.10. The molecule has 0 aliphatic carbocycles. The molecule has 2 rings (SSSR count). The second-order valence-corrected chi connectivity index (χ2v) is 6.23. The van der Waals surface area contributed by atoms with Crippen molar-refractivity contribution in [3.8, 4) is 0 Å². The van der Waals surface area contributed by atoms with Gasteiger partial charge in [-0.3, -0.25) is 19.4 Å². The molecule has 27 heavy (non-hydrogen) atoms. The Morgan fingerprint density at radius 2 is 1.78 bits per heavy atom. The van der Waals surface area contributed by atoms with Gasteiger partial charge in [0.2, 0.25) is 5.91 Å². The standard InChI is InChI=1S/C18H24N4O5/c1-5-18(6-2)15(24)22(16(25)20-18)11-14(23)19-12-7-9-13(10-8-12)21(3)17(26)27-4/h7-10H,5-6,11H2,1-4H3,(H,19,23)(H,20,25). The topological polar surface area (TPSA) is 108 Å². The van der Waals surface area contributed by atoms with E-state index < -0.39 is 23.6 Å². The molecular weight excluding hydrogens is 352 g/mol. The molecule has 1 saturated heterocycles. The number of hydrogen-bond acceptors (Lipinski definition) is 5. The summed E-state index contributed by atoms with van der Waals surface area (Å²) in [5.74, 6) is -0.877. The third-order valence-electron chi connectivity index (χ3n) is 4.74. The smallest absolute Gasteiger partial charge is 0.413 e. The van der Waals surface area contributed by atoms with Crippen LogP contribution in [0.1, 0.15) is 26.7 Å². The van der Waals surface area contributed by atoms with Crippen LogP contribution in [0.4, 0.5) is 21.0 Å². The van der Waals surface area contributed by atoms with Gasteiger partial charge in [0.15, 0.2) is 0 Å². The molecule has 9 nitrogen and oxygen atoms in total. The summed E-state index contributed by atoms with van der Waals surface area (Å²) in [5, 5.41) is 5.32. The second kappa shape index (κ2) is 8.07. The average Bonchev–Trinajstić information content (AvgIpc) is 2.92. The van der Waals surface area contributed by atoms with Crippen molar-refractivity contribution in [1.29, 1.82) is 0 Å². The quantitative estimate of drug-likeness (QED) is 0.738. The van der Waals surface area contributed by atoms with E-state index in [2.05, 4.69) is 15.4 Å². The van der Waals surface area contributed by atoms with Crippen molar-refractivity contribution in [3.05, 3.63) is 24.3 Å². The maximum Gasteiger partial charge on any atom is 0.413 e. The molecule has 0 unspecified atom stereocenters. The number of benzene rings is 1. The number of carbonyl (C=O) groups excluding carboxylic acids is 4. The van der Waals surface area contributed by atoms with E-state index in [9.17, 15) is 19.2 Å². The van der Waals surface area contributed by atoms with Crippen LogP contribution in [-0.2, 0) is 14.3 Å². The van der Waals surface area contributed by atoms with Crippen molar-refractivity contribution in [3.63, 3.8) is 0 Å². The van der Waals surface area contributed by atoms with Gasteiger partial charge < -0.3 is 15.4 Å². The minimum absolute atomic E-state index is 0.365. The molecule has 1 aliphatic heterocycles. The highest BCUT2D eigenvalue weighted by atomic mass is 16.5. The SMILES string of the molecule is CCC1(CC)NC(=O)N(CC(=O)Nc2ccc(N(C)C(=O)OC)cc2)C1=O. The summed E-state index contributed by atoms with van der Waals surface area (Å²) in [4.78, 5) is 50.6. The molecule has 1 fully saturated rings. The number of rotatable bonds is 6. The zero-order valence-electron chi connectivity index (χ0n) is 15.9. The second-order valence-electron chi connectivity index (χ2n) is 6.23. The van der Waals surface area contributed by atoms with Crippen molar-refractivity contribution < 1.29 is 23.9 Å². The molecule has 0 bridgehead atoms. The molecule has 0 aromatic heterocycles. The minimum Gasteiger partial charge on any atom is -0.452 e. The van der Waals surface area contributed by atoms with Crippen LogP contribution in [0.25, 0.3) is 0 Å². The zero-order valence-corrected chi connectivity index (χ0v) is 15.9. The normalized spacial score (nSPS) is 15.3. The molecule has 0 radical (unpaired) electrons. The summed E-state index contributed by atoms with van der Waals surface area (Å²) >= 11 is 0. The Morgan fingerprint density at radius 3 is 2.26 bits per heavy atom. The highest BCUT2D eigenvalue weighted by molar-refractivity contribution is 6.10. The fourth-order valence-corrected chi connectivity index (χ4v) is 2.90. The van der Waals surface area contributed by atoms with Crippen molar-refractivity contribution in [1.82, 2.24) is 10.2 Å². The lowest BCUT2D eigenvalue weighted by Crippen LogP contribution is -2.46. The Balaban J connectivity index is 2.01. The molecular formula is C18H24N4O5. The van der Waals surface area contributed by atoms with Crippen molar-refractivity contribution in [2.75, 3.05) is 30.9 Å². The van der Waals surface area contributed by atoms with Crippen LogP contribution in [0.2, 0.25) is 0 Å². The average molecular weight is 376 g/mol. The fourth-order valence-electron chi connectivity index (χ4n) is 2.90. The van der Waals surface area contributed by atoms with Crippen LogP contribution in [0.3, 0.4) is 0 Å². The van der Waals surface area contributed by atoms with Gasteiger partial charge in [-0.1, -0.05) is 13.8 Å². The number of nitrogens with zero attached hydrogens (tertiary/aromatic N) is 2. The van der Waals surface area contributed by atoms with Gasteiger partial charge in [-0.15, -0.1) is 0 Å². The van der Waals surface area contributed by atoms with Gasteiger partial charge in [-0.2, -0.15) is 0 Å². The molecule has 0 atom stereocenters. The van der Waals surface area contributed by atoms with E-state index in [0.717, 1.165) is 4.90 Å². The summed E-state index contributed by atoms with van der Waals surface area (Å²) in [7, 11) is 2.85. The van der Waals surface area contributed by atoms with Crippen LogP contribution in [-0.4, -0.2) is 55.1 Å². The number of urea groups is 1. The zero-order chi connectivity index (χ0) is 20.2. The maximum absolute atomic E-state index is 12.5. The molecule has 146 valence electrons. The van der Waals surface area contributed by atoms with Crippen LogP contribution in [0.15, 0.2) is 24.3 Å². The first-order chi connectivity index (χ1) is 12.8. The molecule has 1 aromatic rings.